The second-order valence-corrected chi connectivity index (χ2v) is 10.3. The minimum Gasteiger partial charge on any atom is -0.476 e. The summed E-state index contributed by atoms with van der Waals surface area (Å²) in [4.78, 5) is 30.6. The molecule has 1 aliphatic rings. The average Bonchev–Trinajstić information content (AvgIpc) is 2.99. The Labute approximate surface area is 246 Å². The van der Waals surface area contributed by atoms with Crippen molar-refractivity contribution in [3.8, 4) is 17.4 Å². The van der Waals surface area contributed by atoms with Crippen LogP contribution >= 0.6 is 0 Å². The lowest BCUT2D eigenvalue weighted by Gasteiger charge is -2.35. The summed E-state index contributed by atoms with van der Waals surface area (Å²) in [6, 6.07) is 24.5. The molecule has 0 bridgehead atoms. The highest BCUT2D eigenvalue weighted by atomic mass is 16.6. The van der Waals surface area contributed by atoms with Crippen LogP contribution in [0.1, 0.15) is 25.1 Å². The standard InChI is InChI=1S/C32H36N6O4/c1-3-40-30(39)32(2,42-27-10-5-4-6-11-27)22-24-12-14-26(15-13-24)41-29-21-28(35-31(33)36-29)38-19-17-37(18-20-38)23-25-9-7-8-16-34-25/h4-16,21H,3,17-20,22-23H2,1-2H3,(H2,33,35,36). The highest BCUT2D eigenvalue weighted by Gasteiger charge is 2.37. The summed E-state index contributed by atoms with van der Waals surface area (Å²) in [5.74, 6) is 2.01. The Kier molecular flexibility index (Phi) is 9.13. The molecule has 0 radical (unpaired) electrons. The quantitative estimate of drug-likeness (QED) is 0.259. The molecule has 1 atom stereocenters. The zero-order chi connectivity index (χ0) is 29.4. The van der Waals surface area contributed by atoms with Gasteiger partial charge in [0, 0.05) is 51.4 Å². The molecule has 0 spiro atoms. The number of carbonyl (C=O) groups excluding carboxylic acids is 1. The Morgan fingerprint density at radius 2 is 1.67 bits per heavy atom. The summed E-state index contributed by atoms with van der Waals surface area (Å²) in [5, 5.41) is 0. The van der Waals surface area contributed by atoms with Gasteiger partial charge in [-0.2, -0.15) is 9.97 Å². The number of carbonyl (C=O) groups is 1. The molecule has 0 saturated carbocycles. The number of benzene rings is 2. The maximum Gasteiger partial charge on any atom is 0.350 e. The van der Waals surface area contributed by atoms with Gasteiger partial charge in [0.1, 0.15) is 17.3 Å². The first-order chi connectivity index (χ1) is 20.4. The number of pyridine rings is 1. The smallest absolute Gasteiger partial charge is 0.350 e. The van der Waals surface area contributed by atoms with E-state index < -0.39 is 11.6 Å². The van der Waals surface area contributed by atoms with Crippen LogP contribution in [-0.2, 0) is 22.5 Å². The maximum absolute atomic E-state index is 12.9. The fraction of sp³-hybridized carbons (Fsp3) is 0.312. The van der Waals surface area contributed by atoms with Gasteiger partial charge < -0.3 is 24.8 Å². The molecule has 0 aliphatic carbocycles. The predicted octanol–water partition coefficient (Wildman–Crippen LogP) is 4.51. The van der Waals surface area contributed by atoms with Crippen molar-refractivity contribution in [2.45, 2.75) is 32.4 Å². The first-order valence-corrected chi connectivity index (χ1v) is 14.1. The highest BCUT2D eigenvalue weighted by Crippen LogP contribution is 2.28. The molecule has 218 valence electrons. The van der Waals surface area contributed by atoms with Gasteiger partial charge in [0.15, 0.2) is 0 Å². The van der Waals surface area contributed by atoms with Crippen LogP contribution < -0.4 is 20.1 Å². The number of ether oxygens (including phenoxy) is 3. The first kappa shape index (κ1) is 28.8. The molecule has 2 aromatic carbocycles. The summed E-state index contributed by atoms with van der Waals surface area (Å²) in [5.41, 5.74) is 6.81. The van der Waals surface area contributed by atoms with E-state index in [9.17, 15) is 4.79 Å². The third kappa shape index (κ3) is 7.52. The Morgan fingerprint density at radius 1 is 0.929 bits per heavy atom. The minimum absolute atomic E-state index is 0.151. The number of nitrogens with zero attached hydrogens (tertiary/aromatic N) is 5. The zero-order valence-corrected chi connectivity index (χ0v) is 24.0. The number of nitrogens with two attached hydrogens (primary N) is 1. The van der Waals surface area contributed by atoms with E-state index in [4.69, 9.17) is 19.9 Å². The van der Waals surface area contributed by atoms with Crippen molar-refractivity contribution in [3.05, 3.63) is 96.3 Å². The Morgan fingerprint density at radius 3 is 2.36 bits per heavy atom. The Balaban J connectivity index is 1.22. The van der Waals surface area contributed by atoms with Crippen LogP contribution in [0.2, 0.25) is 0 Å². The lowest BCUT2D eigenvalue weighted by molar-refractivity contribution is -0.160. The van der Waals surface area contributed by atoms with E-state index in [-0.39, 0.29) is 12.6 Å². The number of rotatable bonds is 11. The van der Waals surface area contributed by atoms with Crippen LogP contribution in [0.25, 0.3) is 0 Å². The molecule has 0 amide bonds. The number of nitrogen functional groups attached to an aromatic ring is 1. The molecule has 1 fully saturated rings. The summed E-state index contributed by atoms with van der Waals surface area (Å²) >= 11 is 0. The van der Waals surface area contributed by atoms with Gasteiger partial charge in [-0.15, -0.1) is 0 Å². The molecule has 3 heterocycles. The van der Waals surface area contributed by atoms with E-state index in [1.807, 2.05) is 85.1 Å². The van der Waals surface area contributed by atoms with Crippen LogP contribution in [0.5, 0.6) is 17.4 Å². The molecule has 1 saturated heterocycles. The molecule has 4 aromatic rings. The molecule has 2 N–H and O–H groups in total. The third-order valence-electron chi connectivity index (χ3n) is 7.00. The largest absolute Gasteiger partial charge is 0.476 e. The second-order valence-electron chi connectivity index (χ2n) is 10.3. The lowest BCUT2D eigenvalue weighted by atomic mass is 9.96. The molecule has 10 nitrogen and oxygen atoms in total. The lowest BCUT2D eigenvalue weighted by Crippen LogP contribution is -2.46. The Hall–Kier alpha value is -4.70. The Bertz CT molecular complexity index is 1450. The SMILES string of the molecule is CCOC(=O)C(C)(Cc1ccc(Oc2cc(N3CCN(Cc4ccccn4)CC3)nc(N)n2)cc1)Oc1ccccc1. The topological polar surface area (TPSA) is 116 Å². The van der Waals surface area contributed by atoms with Gasteiger partial charge in [0.2, 0.25) is 17.4 Å². The molecule has 1 aliphatic heterocycles. The van der Waals surface area contributed by atoms with Crippen molar-refractivity contribution in [3.63, 3.8) is 0 Å². The van der Waals surface area contributed by atoms with E-state index in [1.165, 1.54) is 0 Å². The van der Waals surface area contributed by atoms with E-state index in [0.29, 0.717) is 23.8 Å². The average molecular weight is 569 g/mol. The van der Waals surface area contributed by atoms with Crippen molar-refractivity contribution < 1.29 is 19.0 Å². The number of para-hydroxylation sites is 1. The zero-order valence-electron chi connectivity index (χ0n) is 24.0. The number of aromatic nitrogens is 3. The third-order valence-corrected chi connectivity index (χ3v) is 7.00. The molecule has 10 heteroatoms. The van der Waals surface area contributed by atoms with Gasteiger partial charge in [0.05, 0.1) is 12.3 Å². The minimum atomic E-state index is -1.20. The van der Waals surface area contributed by atoms with E-state index in [0.717, 1.165) is 49.8 Å². The summed E-state index contributed by atoms with van der Waals surface area (Å²) in [6.45, 7) is 8.00. The monoisotopic (exact) mass is 568 g/mol. The summed E-state index contributed by atoms with van der Waals surface area (Å²) in [7, 11) is 0. The number of piperazine rings is 1. The van der Waals surface area contributed by atoms with Crippen LogP contribution in [-0.4, -0.2) is 64.2 Å². The maximum atomic E-state index is 12.9. The molecular weight excluding hydrogens is 532 g/mol. The van der Waals surface area contributed by atoms with E-state index >= 15 is 0 Å². The molecular formula is C32H36N6O4. The number of hydrogen-bond acceptors (Lipinski definition) is 10. The molecule has 42 heavy (non-hydrogen) atoms. The van der Waals surface area contributed by atoms with Crippen LogP contribution in [0, 0.1) is 0 Å². The number of esters is 1. The van der Waals surface area contributed by atoms with Crippen molar-refractivity contribution in [1.29, 1.82) is 0 Å². The second kappa shape index (κ2) is 13.3. The molecule has 2 aromatic heterocycles. The van der Waals surface area contributed by atoms with Gasteiger partial charge in [0.25, 0.3) is 0 Å². The van der Waals surface area contributed by atoms with Crippen LogP contribution in [0.3, 0.4) is 0 Å². The van der Waals surface area contributed by atoms with Gasteiger partial charge in [-0.3, -0.25) is 9.88 Å². The van der Waals surface area contributed by atoms with Crippen LogP contribution in [0.4, 0.5) is 11.8 Å². The number of hydrogen-bond donors (Lipinski definition) is 1. The van der Waals surface area contributed by atoms with Crippen molar-refractivity contribution in [2.75, 3.05) is 43.4 Å². The van der Waals surface area contributed by atoms with Crippen molar-refractivity contribution >= 4 is 17.7 Å². The summed E-state index contributed by atoms with van der Waals surface area (Å²) < 4.78 is 17.5. The van der Waals surface area contributed by atoms with Crippen molar-refractivity contribution in [1.82, 2.24) is 19.9 Å². The van der Waals surface area contributed by atoms with Crippen LogP contribution in [0.15, 0.2) is 85.1 Å². The van der Waals surface area contributed by atoms with Crippen molar-refractivity contribution in [2.24, 2.45) is 0 Å². The first-order valence-electron chi connectivity index (χ1n) is 14.1. The van der Waals surface area contributed by atoms with E-state index in [2.05, 4.69) is 24.8 Å². The molecule has 1 unspecified atom stereocenters. The fourth-order valence-corrected chi connectivity index (χ4v) is 4.87. The van der Waals surface area contributed by atoms with Gasteiger partial charge in [-0.1, -0.05) is 36.4 Å². The predicted molar refractivity (Wildman–Crippen MR) is 160 cm³/mol. The van der Waals surface area contributed by atoms with Gasteiger partial charge in [-0.05, 0) is 55.8 Å². The normalized spacial score (nSPS) is 15.0. The highest BCUT2D eigenvalue weighted by molar-refractivity contribution is 5.80. The number of anilines is 2. The molecule has 5 rings (SSSR count). The summed E-state index contributed by atoms with van der Waals surface area (Å²) in [6.07, 6.45) is 2.14. The van der Waals surface area contributed by atoms with E-state index in [1.54, 1.807) is 13.8 Å². The van der Waals surface area contributed by atoms with Gasteiger partial charge >= 0.3 is 5.97 Å². The fourth-order valence-electron chi connectivity index (χ4n) is 4.87. The van der Waals surface area contributed by atoms with Gasteiger partial charge in [-0.25, -0.2) is 4.79 Å².